The highest BCUT2D eigenvalue weighted by Crippen LogP contribution is 2.30. The molecule has 2 amide bonds. The quantitative estimate of drug-likeness (QED) is 0.904. The molecular weight excluding hydrogens is 349 g/mol. The Morgan fingerprint density at radius 2 is 2.00 bits per heavy atom. The van der Waals surface area contributed by atoms with E-state index in [1.807, 2.05) is 13.0 Å². The molecule has 1 aromatic carbocycles. The van der Waals surface area contributed by atoms with Gasteiger partial charge in [-0.3, -0.25) is 9.59 Å². The lowest BCUT2D eigenvalue weighted by molar-refractivity contribution is -0.122. The molecule has 1 N–H and O–H groups in total. The molecule has 1 saturated heterocycles. The number of rotatable bonds is 3. The zero-order valence-corrected chi connectivity index (χ0v) is 14.4. The van der Waals surface area contributed by atoms with Crippen molar-refractivity contribution in [3.63, 3.8) is 0 Å². The molecule has 124 valence electrons. The van der Waals surface area contributed by atoms with Gasteiger partial charge in [-0.25, -0.2) is 4.98 Å². The summed E-state index contributed by atoms with van der Waals surface area (Å²) in [5.74, 6) is -0.289. The summed E-state index contributed by atoms with van der Waals surface area (Å²) in [6.45, 7) is 2.15. The first-order valence-electron chi connectivity index (χ1n) is 7.43. The van der Waals surface area contributed by atoms with Crippen molar-refractivity contribution in [2.75, 3.05) is 16.8 Å². The van der Waals surface area contributed by atoms with E-state index in [0.29, 0.717) is 21.6 Å². The number of aryl methyl sites for hydroxylation is 1. The van der Waals surface area contributed by atoms with Crippen LogP contribution in [-0.4, -0.2) is 23.3 Å². The van der Waals surface area contributed by atoms with Crippen LogP contribution in [0.15, 0.2) is 36.5 Å². The Bertz CT molecular complexity index is 790. The van der Waals surface area contributed by atoms with Crippen molar-refractivity contribution in [3.05, 3.63) is 52.1 Å². The molecule has 1 atom stereocenters. The van der Waals surface area contributed by atoms with Crippen LogP contribution < -0.4 is 10.2 Å². The van der Waals surface area contributed by atoms with E-state index in [2.05, 4.69) is 10.3 Å². The van der Waals surface area contributed by atoms with Crippen LogP contribution in [0.4, 0.5) is 11.5 Å². The molecule has 0 unspecified atom stereocenters. The lowest BCUT2D eigenvalue weighted by Gasteiger charge is -2.17. The van der Waals surface area contributed by atoms with Gasteiger partial charge in [0.2, 0.25) is 11.8 Å². The van der Waals surface area contributed by atoms with Crippen LogP contribution in [0.25, 0.3) is 0 Å². The van der Waals surface area contributed by atoms with E-state index in [1.165, 1.54) is 4.90 Å². The Labute approximate surface area is 149 Å². The number of nitrogens with zero attached hydrogens (tertiary/aromatic N) is 2. The molecule has 2 aromatic rings. The van der Waals surface area contributed by atoms with E-state index in [1.54, 1.807) is 30.5 Å². The van der Waals surface area contributed by atoms with Gasteiger partial charge >= 0.3 is 0 Å². The van der Waals surface area contributed by atoms with Crippen molar-refractivity contribution in [3.8, 4) is 0 Å². The second kappa shape index (κ2) is 6.79. The van der Waals surface area contributed by atoms with Crippen LogP contribution in [-0.2, 0) is 9.59 Å². The fourth-order valence-electron chi connectivity index (χ4n) is 2.66. The number of pyridine rings is 1. The molecule has 5 nitrogen and oxygen atoms in total. The SMILES string of the molecule is Cc1cccnc1NC(=O)[C@@H]1CC(=O)N(c2cc(Cl)cc(Cl)c2)C1. The van der Waals surface area contributed by atoms with Gasteiger partial charge in [0, 0.05) is 34.9 Å². The minimum atomic E-state index is -0.448. The number of nitrogens with one attached hydrogen (secondary N) is 1. The summed E-state index contributed by atoms with van der Waals surface area (Å²) in [5.41, 5.74) is 1.47. The van der Waals surface area contributed by atoms with Crippen molar-refractivity contribution in [1.29, 1.82) is 0 Å². The van der Waals surface area contributed by atoms with Crippen LogP contribution in [0.3, 0.4) is 0 Å². The summed E-state index contributed by atoms with van der Waals surface area (Å²) >= 11 is 12.0. The zero-order chi connectivity index (χ0) is 17.3. The van der Waals surface area contributed by atoms with Gasteiger partial charge < -0.3 is 10.2 Å². The number of anilines is 2. The van der Waals surface area contributed by atoms with Crippen LogP contribution in [0.1, 0.15) is 12.0 Å². The maximum Gasteiger partial charge on any atom is 0.230 e. The molecule has 0 saturated carbocycles. The van der Waals surface area contributed by atoms with Crippen molar-refractivity contribution in [1.82, 2.24) is 4.98 Å². The van der Waals surface area contributed by atoms with Crippen molar-refractivity contribution < 1.29 is 9.59 Å². The van der Waals surface area contributed by atoms with Crippen molar-refractivity contribution in [2.24, 2.45) is 5.92 Å². The summed E-state index contributed by atoms with van der Waals surface area (Å²) < 4.78 is 0. The summed E-state index contributed by atoms with van der Waals surface area (Å²) in [5, 5.41) is 3.68. The van der Waals surface area contributed by atoms with Crippen molar-refractivity contribution >= 4 is 46.5 Å². The Morgan fingerprint density at radius 3 is 2.67 bits per heavy atom. The predicted octanol–water partition coefficient (Wildman–Crippen LogP) is 3.69. The van der Waals surface area contributed by atoms with E-state index in [9.17, 15) is 9.59 Å². The third kappa shape index (κ3) is 3.52. The number of benzene rings is 1. The highest BCUT2D eigenvalue weighted by molar-refractivity contribution is 6.35. The third-order valence-electron chi connectivity index (χ3n) is 3.91. The monoisotopic (exact) mass is 363 g/mol. The lowest BCUT2D eigenvalue weighted by Crippen LogP contribution is -2.28. The summed E-state index contributed by atoms with van der Waals surface area (Å²) in [7, 11) is 0. The molecule has 1 fully saturated rings. The van der Waals surface area contributed by atoms with E-state index >= 15 is 0 Å². The second-order valence-electron chi connectivity index (χ2n) is 5.69. The highest BCUT2D eigenvalue weighted by atomic mass is 35.5. The van der Waals surface area contributed by atoms with E-state index < -0.39 is 5.92 Å². The van der Waals surface area contributed by atoms with Crippen LogP contribution in [0, 0.1) is 12.8 Å². The molecule has 1 aliphatic heterocycles. The number of amides is 2. The molecule has 3 rings (SSSR count). The summed E-state index contributed by atoms with van der Waals surface area (Å²) in [6, 6.07) is 8.58. The Balaban J connectivity index is 1.74. The molecule has 0 radical (unpaired) electrons. The molecule has 24 heavy (non-hydrogen) atoms. The first kappa shape index (κ1) is 16.7. The molecule has 0 spiro atoms. The van der Waals surface area contributed by atoms with Gasteiger partial charge in [0.25, 0.3) is 0 Å². The largest absolute Gasteiger partial charge is 0.311 e. The van der Waals surface area contributed by atoms with Gasteiger partial charge in [0.1, 0.15) is 5.82 Å². The smallest absolute Gasteiger partial charge is 0.230 e. The first-order valence-corrected chi connectivity index (χ1v) is 8.18. The topological polar surface area (TPSA) is 62.3 Å². The molecule has 2 heterocycles. The predicted molar refractivity (Wildman–Crippen MR) is 94.5 cm³/mol. The number of halogens is 2. The number of carbonyl (C=O) groups is 2. The normalized spacial score (nSPS) is 17.2. The summed E-state index contributed by atoms with van der Waals surface area (Å²) in [4.78, 5) is 30.4. The highest BCUT2D eigenvalue weighted by Gasteiger charge is 2.35. The van der Waals surface area contributed by atoms with Crippen molar-refractivity contribution in [2.45, 2.75) is 13.3 Å². The molecule has 0 bridgehead atoms. The van der Waals surface area contributed by atoms with Crippen LogP contribution in [0.2, 0.25) is 10.0 Å². The van der Waals surface area contributed by atoms with E-state index in [4.69, 9.17) is 23.2 Å². The fraction of sp³-hybridized carbons (Fsp3) is 0.235. The van der Waals surface area contributed by atoms with E-state index in [-0.39, 0.29) is 24.8 Å². The Morgan fingerprint density at radius 1 is 1.29 bits per heavy atom. The van der Waals surface area contributed by atoms with Crippen LogP contribution >= 0.6 is 23.2 Å². The Kier molecular flexibility index (Phi) is 4.73. The minimum Gasteiger partial charge on any atom is -0.311 e. The van der Waals surface area contributed by atoms with Gasteiger partial charge in [-0.2, -0.15) is 0 Å². The van der Waals surface area contributed by atoms with Gasteiger partial charge in [0.15, 0.2) is 0 Å². The maximum atomic E-state index is 12.4. The third-order valence-corrected chi connectivity index (χ3v) is 4.34. The lowest BCUT2D eigenvalue weighted by atomic mass is 10.1. The first-order chi connectivity index (χ1) is 11.4. The second-order valence-corrected chi connectivity index (χ2v) is 6.56. The van der Waals surface area contributed by atoms with Crippen LogP contribution in [0.5, 0.6) is 0 Å². The summed E-state index contributed by atoms with van der Waals surface area (Å²) in [6.07, 6.45) is 1.75. The van der Waals surface area contributed by atoms with Gasteiger partial charge in [-0.15, -0.1) is 0 Å². The van der Waals surface area contributed by atoms with Gasteiger partial charge in [-0.05, 0) is 36.8 Å². The minimum absolute atomic E-state index is 0.133. The molecular formula is C17H15Cl2N3O2. The number of aromatic nitrogens is 1. The average Bonchev–Trinajstić information content (AvgIpc) is 2.91. The molecule has 0 aliphatic carbocycles. The standard InChI is InChI=1S/C17H15Cl2N3O2/c1-10-3-2-4-20-16(10)21-17(24)11-5-15(23)22(9-11)14-7-12(18)6-13(19)8-14/h2-4,6-8,11H,5,9H2,1H3,(H,20,21,24)/t11-/m1/s1. The van der Waals surface area contributed by atoms with Gasteiger partial charge in [-0.1, -0.05) is 29.3 Å². The number of hydrogen-bond acceptors (Lipinski definition) is 3. The molecule has 1 aromatic heterocycles. The maximum absolute atomic E-state index is 12.4. The molecule has 7 heteroatoms. The fourth-order valence-corrected chi connectivity index (χ4v) is 3.18. The average molecular weight is 364 g/mol. The number of carbonyl (C=O) groups excluding carboxylic acids is 2. The van der Waals surface area contributed by atoms with E-state index in [0.717, 1.165) is 5.56 Å². The van der Waals surface area contributed by atoms with Gasteiger partial charge in [0.05, 0.1) is 5.92 Å². The zero-order valence-electron chi connectivity index (χ0n) is 12.9. The molecule has 1 aliphatic rings. The Hall–Kier alpha value is -2.11. The number of hydrogen-bond donors (Lipinski definition) is 1.